The monoisotopic (exact) mass is 314 g/mol. The molecule has 0 aliphatic carbocycles. The van der Waals surface area contributed by atoms with Crippen LogP contribution >= 0.6 is 0 Å². The van der Waals surface area contributed by atoms with E-state index in [4.69, 9.17) is 4.74 Å². The van der Waals surface area contributed by atoms with Crippen molar-refractivity contribution in [1.29, 1.82) is 0 Å². The second kappa shape index (κ2) is 7.09. The first-order valence-corrected chi connectivity index (χ1v) is 7.54. The van der Waals surface area contributed by atoms with Gasteiger partial charge in [0, 0.05) is 23.1 Å². The molecule has 0 saturated carbocycles. The fourth-order valence-electron chi connectivity index (χ4n) is 1.90. The van der Waals surface area contributed by atoms with E-state index in [1.165, 1.54) is 6.33 Å². The van der Waals surface area contributed by atoms with Gasteiger partial charge in [-0.3, -0.25) is 5.32 Å². The molecule has 0 atom stereocenters. The molecule has 122 valence electrons. The van der Waals surface area contributed by atoms with E-state index in [1.54, 1.807) is 6.07 Å². The zero-order chi connectivity index (χ0) is 16.9. The Morgan fingerprint density at radius 3 is 2.61 bits per heavy atom. The van der Waals surface area contributed by atoms with Gasteiger partial charge in [-0.15, -0.1) is 0 Å². The number of hydrogen-bond donors (Lipinski definition) is 2. The quantitative estimate of drug-likeness (QED) is 0.887. The maximum Gasteiger partial charge on any atom is 0.412 e. The minimum atomic E-state index is -0.530. The number of aryl methyl sites for hydroxylation is 1. The van der Waals surface area contributed by atoms with E-state index in [9.17, 15) is 4.79 Å². The van der Waals surface area contributed by atoms with Gasteiger partial charge in [0.1, 0.15) is 17.7 Å². The molecule has 6 nitrogen and oxygen atoms in total. The van der Waals surface area contributed by atoms with Gasteiger partial charge in [-0.05, 0) is 45.4 Å². The Labute approximate surface area is 136 Å². The lowest BCUT2D eigenvalue weighted by Crippen LogP contribution is -2.27. The second-order valence-electron chi connectivity index (χ2n) is 6.08. The van der Waals surface area contributed by atoms with Crippen molar-refractivity contribution in [2.45, 2.75) is 39.7 Å². The van der Waals surface area contributed by atoms with E-state index >= 15 is 0 Å². The summed E-state index contributed by atoms with van der Waals surface area (Å²) in [5, 5.41) is 5.91. The van der Waals surface area contributed by atoms with E-state index in [2.05, 4.69) is 20.6 Å². The Balaban J connectivity index is 2.06. The number of carbonyl (C=O) groups is 1. The highest BCUT2D eigenvalue weighted by atomic mass is 16.6. The van der Waals surface area contributed by atoms with Gasteiger partial charge in [0.05, 0.1) is 0 Å². The molecular weight excluding hydrogens is 292 g/mol. The molecule has 2 rings (SSSR count). The first kappa shape index (κ1) is 16.7. The van der Waals surface area contributed by atoms with Crippen molar-refractivity contribution >= 4 is 23.3 Å². The molecule has 1 aromatic carbocycles. The second-order valence-corrected chi connectivity index (χ2v) is 6.08. The summed E-state index contributed by atoms with van der Waals surface area (Å²) < 4.78 is 5.24. The molecule has 0 fully saturated rings. The van der Waals surface area contributed by atoms with E-state index in [1.807, 2.05) is 52.0 Å². The Bertz CT molecular complexity index is 680. The summed E-state index contributed by atoms with van der Waals surface area (Å²) in [5.41, 5.74) is 1.90. The third-order valence-electron chi connectivity index (χ3n) is 2.87. The van der Waals surface area contributed by atoms with E-state index in [0.717, 1.165) is 17.8 Å². The van der Waals surface area contributed by atoms with Crippen LogP contribution in [0.5, 0.6) is 0 Å². The minimum Gasteiger partial charge on any atom is -0.444 e. The normalized spacial score (nSPS) is 11.0. The Morgan fingerprint density at radius 1 is 1.17 bits per heavy atom. The van der Waals surface area contributed by atoms with Crippen molar-refractivity contribution in [1.82, 2.24) is 9.97 Å². The van der Waals surface area contributed by atoms with Crippen LogP contribution < -0.4 is 10.6 Å². The van der Waals surface area contributed by atoms with Crippen molar-refractivity contribution in [3.05, 3.63) is 42.4 Å². The number of ether oxygens (including phenoxy) is 1. The number of anilines is 3. The lowest BCUT2D eigenvalue weighted by Gasteiger charge is -2.19. The van der Waals surface area contributed by atoms with Crippen molar-refractivity contribution < 1.29 is 9.53 Å². The number of carbonyl (C=O) groups excluding carboxylic acids is 1. The first-order chi connectivity index (χ1) is 10.9. The number of hydrogen-bond acceptors (Lipinski definition) is 5. The summed E-state index contributed by atoms with van der Waals surface area (Å²) in [6, 6.07) is 9.25. The summed E-state index contributed by atoms with van der Waals surface area (Å²) >= 11 is 0. The van der Waals surface area contributed by atoms with Crippen molar-refractivity contribution in [3.63, 3.8) is 0 Å². The largest absolute Gasteiger partial charge is 0.444 e. The molecule has 0 bridgehead atoms. The number of nitrogens with one attached hydrogen (secondary N) is 2. The smallest absolute Gasteiger partial charge is 0.412 e. The lowest BCUT2D eigenvalue weighted by atomic mass is 10.2. The third-order valence-corrected chi connectivity index (χ3v) is 2.87. The van der Waals surface area contributed by atoms with Crippen molar-refractivity contribution in [3.8, 4) is 0 Å². The van der Waals surface area contributed by atoms with Crippen LogP contribution in [0.15, 0.2) is 36.7 Å². The van der Waals surface area contributed by atoms with Gasteiger partial charge in [0.2, 0.25) is 0 Å². The Morgan fingerprint density at radius 2 is 1.91 bits per heavy atom. The van der Waals surface area contributed by atoms with Crippen LogP contribution in [0.4, 0.5) is 22.0 Å². The van der Waals surface area contributed by atoms with Gasteiger partial charge in [-0.1, -0.05) is 13.0 Å². The predicted octanol–water partition coefficient (Wildman–Crippen LogP) is 4.13. The van der Waals surface area contributed by atoms with E-state index < -0.39 is 11.7 Å². The highest BCUT2D eigenvalue weighted by Crippen LogP contribution is 2.20. The number of nitrogens with zero attached hydrogens (tertiary/aromatic N) is 2. The van der Waals surface area contributed by atoms with Gasteiger partial charge in [0.25, 0.3) is 0 Å². The molecule has 0 spiro atoms. The summed E-state index contributed by atoms with van der Waals surface area (Å²) in [6.45, 7) is 7.51. The standard InChI is InChI=1S/C17H22N4O2/c1-5-12-10-15(19-11-18-12)20-13-7-6-8-14(9-13)21-16(22)23-17(2,3)4/h6-11H,5H2,1-4H3,(H,21,22)(H,18,19,20). The number of rotatable bonds is 4. The molecule has 2 N–H and O–H groups in total. The van der Waals surface area contributed by atoms with Gasteiger partial charge in [0.15, 0.2) is 0 Å². The molecule has 1 aromatic heterocycles. The molecule has 0 unspecified atom stereocenters. The van der Waals surface area contributed by atoms with Crippen molar-refractivity contribution in [2.75, 3.05) is 10.6 Å². The fraction of sp³-hybridized carbons (Fsp3) is 0.353. The maximum atomic E-state index is 11.8. The number of benzene rings is 1. The molecule has 0 aliphatic heterocycles. The molecule has 0 aliphatic rings. The number of aromatic nitrogens is 2. The maximum absolute atomic E-state index is 11.8. The van der Waals surface area contributed by atoms with Crippen LogP contribution in [0.2, 0.25) is 0 Å². The highest BCUT2D eigenvalue weighted by molar-refractivity contribution is 5.85. The Kier molecular flexibility index (Phi) is 5.16. The van der Waals surface area contributed by atoms with Crippen LogP contribution in [-0.2, 0) is 11.2 Å². The van der Waals surface area contributed by atoms with Crippen LogP contribution in [0, 0.1) is 0 Å². The third kappa shape index (κ3) is 5.58. The molecule has 0 radical (unpaired) electrons. The topological polar surface area (TPSA) is 76.1 Å². The summed E-state index contributed by atoms with van der Waals surface area (Å²) in [5.74, 6) is 0.714. The van der Waals surface area contributed by atoms with Gasteiger partial charge >= 0.3 is 6.09 Å². The zero-order valence-electron chi connectivity index (χ0n) is 13.9. The predicted molar refractivity (Wildman–Crippen MR) is 91.0 cm³/mol. The van der Waals surface area contributed by atoms with Crippen LogP contribution in [0.25, 0.3) is 0 Å². The molecule has 23 heavy (non-hydrogen) atoms. The van der Waals surface area contributed by atoms with Crippen LogP contribution in [0.3, 0.4) is 0 Å². The van der Waals surface area contributed by atoms with E-state index in [-0.39, 0.29) is 0 Å². The number of amides is 1. The molecule has 0 saturated heterocycles. The highest BCUT2D eigenvalue weighted by Gasteiger charge is 2.16. The Hall–Kier alpha value is -2.63. The van der Waals surface area contributed by atoms with Gasteiger partial charge < -0.3 is 10.1 Å². The lowest BCUT2D eigenvalue weighted by molar-refractivity contribution is 0.0636. The SMILES string of the molecule is CCc1cc(Nc2cccc(NC(=O)OC(C)(C)C)c2)ncn1. The van der Waals surface area contributed by atoms with Crippen molar-refractivity contribution in [2.24, 2.45) is 0 Å². The molecule has 6 heteroatoms. The first-order valence-electron chi connectivity index (χ1n) is 7.54. The molecule has 1 amide bonds. The summed E-state index contributed by atoms with van der Waals surface area (Å²) in [7, 11) is 0. The summed E-state index contributed by atoms with van der Waals surface area (Å²) in [6.07, 6.45) is 1.89. The summed E-state index contributed by atoms with van der Waals surface area (Å²) in [4.78, 5) is 20.2. The average Bonchev–Trinajstić information content (AvgIpc) is 2.45. The van der Waals surface area contributed by atoms with Crippen LogP contribution in [0.1, 0.15) is 33.4 Å². The molecular formula is C17H22N4O2. The van der Waals surface area contributed by atoms with Gasteiger partial charge in [-0.25, -0.2) is 14.8 Å². The van der Waals surface area contributed by atoms with Crippen LogP contribution in [-0.4, -0.2) is 21.7 Å². The average molecular weight is 314 g/mol. The molecule has 1 heterocycles. The fourth-order valence-corrected chi connectivity index (χ4v) is 1.90. The van der Waals surface area contributed by atoms with E-state index in [0.29, 0.717) is 11.5 Å². The zero-order valence-corrected chi connectivity index (χ0v) is 13.9. The van der Waals surface area contributed by atoms with Gasteiger partial charge in [-0.2, -0.15) is 0 Å². The minimum absolute atomic E-state index is 0.482. The molecule has 2 aromatic rings.